The molecule has 0 unspecified atom stereocenters. The highest BCUT2D eigenvalue weighted by Gasteiger charge is 2.32. The van der Waals surface area contributed by atoms with E-state index in [-0.39, 0.29) is 5.91 Å². The quantitative estimate of drug-likeness (QED) is 0.526. The predicted octanol–water partition coefficient (Wildman–Crippen LogP) is 5.39. The van der Waals surface area contributed by atoms with E-state index < -0.39 is 0 Å². The molecule has 116 valence electrons. The van der Waals surface area contributed by atoms with Gasteiger partial charge in [-0.1, -0.05) is 83.6 Å². The first-order chi connectivity index (χ1) is 11.1. The maximum Gasteiger partial charge on any atom is 0.266 e. The lowest BCUT2D eigenvalue weighted by molar-refractivity contribution is -0.122. The van der Waals surface area contributed by atoms with Crippen LogP contribution >= 0.6 is 47.2 Å². The van der Waals surface area contributed by atoms with Gasteiger partial charge in [-0.25, -0.2) is 0 Å². The highest BCUT2D eigenvalue weighted by Crippen LogP contribution is 2.36. The van der Waals surface area contributed by atoms with Crippen LogP contribution in [0.25, 0.3) is 6.08 Å². The number of hydrogen-bond donors (Lipinski definition) is 0. The predicted molar refractivity (Wildman–Crippen MR) is 102 cm³/mol. The Bertz CT molecular complexity index is 785. The number of hydrogen-bond acceptors (Lipinski definition) is 3. The maximum atomic E-state index is 12.6. The molecule has 2 aromatic carbocycles. The van der Waals surface area contributed by atoms with E-state index in [1.807, 2.05) is 30.3 Å². The molecule has 3 rings (SSSR count). The van der Waals surface area contributed by atoms with Crippen LogP contribution in [0.5, 0.6) is 0 Å². The number of nitrogens with zero attached hydrogens (tertiary/aromatic N) is 1. The fourth-order valence-corrected chi connectivity index (χ4v) is 3.93. The van der Waals surface area contributed by atoms with Crippen LogP contribution in [0.3, 0.4) is 0 Å². The van der Waals surface area contributed by atoms with Crippen molar-refractivity contribution in [2.45, 2.75) is 6.54 Å². The molecule has 1 fully saturated rings. The van der Waals surface area contributed by atoms with Crippen molar-refractivity contribution < 1.29 is 4.79 Å². The monoisotopic (exact) mass is 379 g/mol. The molecular formula is C17H11Cl2NOS2. The van der Waals surface area contributed by atoms with Gasteiger partial charge in [0.2, 0.25) is 0 Å². The lowest BCUT2D eigenvalue weighted by Gasteiger charge is -2.14. The average Bonchev–Trinajstić information content (AvgIpc) is 2.80. The summed E-state index contributed by atoms with van der Waals surface area (Å²) in [6.07, 6.45) is 1.70. The van der Waals surface area contributed by atoms with Gasteiger partial charge in [0.05, 0.1) is 11.4 Å². The van der Waals surface area contributed by atoms with Gasteiger partial charge in [0.1, 0.15) is 4.32 Å². The first-order valence-corrected chi connectivity index (χ1v) is 8.77. The number of carbonyl (C=O) groups is 1. The van der Waals surface area contributed by atoms with E-state index in [1.165, 1.54) is 11.8 Å². The standard InChI is InChI=1S/C17H11Cl2NOS2/c18-13-7-4-8-14(19)12(13)9-15-16(21)20(17(22)23-15)10-11-5-2-1-3-6-11/h1-9H,10H2/b15-9+. The maximum absolute atomic E-state index is 12.6. The van der Waals surface area contributed by atoms with Crippen LogP contribution in [0, 0.1) is 0 Å². The fraction of sp³-hybridized carbons (Fsp3) is 0.0588. The van der Waals surface area contributed by atoms with Crippen LogP contribution in [0.4, 0.5) is 0 Å². The van der Waals surface area contributed by atoms with E-state index >= 15 is 0 Å². The van der Waals surface area contributed by atoms with Gasteiger partial charge in [-0.2, -0.15) is 0 Å². The van der Waals surface area contributed by atoms with Crippen molar-refractivity contribution in [1.82, 2.24) is 4.90 Å². The van der Waals surface area contributed by atoms with Crippen molar-refractivity contribution in [3.63, 3.8) is 0 Å². The van der Waals surface area contributed by atoms with Gasteiger partial charge in [0.25, 0.3) is 5.91 Å². The highest BCUT2D eigenvalue weighted by molar-refractivity contribution is 8.26. The molecule has 0 saturated carbocycles. The molecule has 0 aliphatic carbocycles. The van der Waals surface area contributed by atoms with E-state index in [1.54, 1.807) is 29.2 Å². The van der Waals surface area contributed by atoms with Gasteiger partial charge in [-0.15, -0.1) is 0 Å². The van der Waals surface area contributed by atoms with Crippen LogP contribution in [-0.4, -0.2) is 15.1 Å². The Morgan fingerprint density at radius 1 is 1.04 bits per heavy atom. The Hall–Kier alpha value is -1.33. The molecule has 23 heavy (non-hydrogen) atoms. The summed E-state index contributed by atoms with van der Waals surface area (Å²) in [4.78, 5) is 14.7. The van der Waals surface area contributed by atoms with E-state index in [0.29, 0.717) is 31.4 Å². The Balaban J connectivity index is 1.88. The molecule has 1 amide bonds. The molecule has 0 radical (unpaired) electrons. The number of thioether (sulfide) groups is 1. The number of rotatable bonds is 3. The Morgan fingerprint density at radius 3 is 2.35 bits per heavy atom. The summed E-state index contributed by atoms with van der Waals surface area (Å²) in [6, 6.07) is 15.0. The SMILES string of the molecule is O=C1/C(=C\c2c(Cl)cccc2Cl)SC(=S)N1Cc1ccccc1. The normalized spacial score (nSPS) is 16.4. The van der Waals surface area contributed by atoms with Gasteiger partial charge in [0, 0.05) is 15.6 Å². The number of amides is 1. The summed E-state index contributed by atoms with van der Waals surface area (Å²) in [5.41, 5.74) is 1.66. The van der Waals surface area contributed by atoms with Gasteiger partial charge in [-0.05, 0) is 23.8 Å². The van der Waals surface area contributed by atoms with E-state index in [4.69, 9.17) is 35.4 Å². The summed E-state index contributed by atoms with van der Waals surface area (Å²) < 4.78 is 0.535. The molecular weight excluding hydrogens is 369 g/mol. The molecule has 6 heteroatoms. The zero-order chi connectivity index (χ0) is 16.4. The number of thiocarbonyl (C=S) groups is 1. The topological polar surface area (TPSA) is 20.3 Å². The Kier molecular flexibility index (Phi) is 5.07. The van der Waals surface area contributed by atoms with Crippen molar-refractivity contribution >= 4 is 63.5 Å². The second-order valence-electron chi connectivity index (χ2n) is 4.89. The molecule has 0 aromatic heterocycles. The third-order valence-electron chi connectivity index (χ3n) is 3.33. The first-order valence-electron chi connectivity index (χ1n) is 6.79. The van der Waals surface area contributed by atoms with Gasteiger partial charge < -0.3 is 0 Å². The molecule has 2 nitrogen and oxygen atoms in total. The molecule has 2 aromatic rings. The van der Waals surface area contributed by atoms with Crippen molar-refractivity contribution in [3.05, 3.63) is 74.6 Å². The summed E-state index contributed by atoms with van der Waals surface area (Å²) in [6.45, 7) is 0.457. The fourth-order valence-electron chi connectivity index (χ4n) is 2.18. The molecule has 0 bridgehead atoms. The molecule has 0 spiro atoms. The summed E-state index contributed by atoms with van der Waals surface area (Å²) in [7, 11) is 0. The zero-order valence-corrected chi connectivity index (χ0v) is 15.0. The van der Waals surface area contributed by atoms with Gasteiger partial charge >= 0.3 is 0 Å². The van der Waals surface area contributed by atoms with E-state index in [0.717, 1.165) is 5.56 Å². The van der Waals surface area contributed by atoms with Gasteiger partial charge in [0.15, 0.2) is 0 Å². The summed E-state index contributed by atoms with van der Waals surface area (Å²) >= 11 is 18.9. The van der Waals surface area contributed by atoms with Crippen LogP contribution in [0.2, 0.25) is 10.0 Å². The van der Waals surface area contributed by atoms with Crippen molar-refractivity contribution in [2.24, 2.45) is 0 Å². The third-order valence-corrected chi connectivity index (χ3v) is 5.37. The largest absolute Gasteiger partial charge is 0.288 e. The molecule has 1 aliphatic rings. The van der Waals surface area contributed by atoms with Crippen molar-refractivity contribution in [3.8, 4) is 0 Å². The first kappa shape index (κ1) is 16.5. The number of halogens is 2. The smallest absolute Gasteiger partial charge is 0.266 e. The summed E-state index contributed by atoms with van der Waals surface area (Å²) in [5, 5.41) is 1.01. The average molecular weight is 380 g/mol. The highest BCUT2D eigenvalue weighted by atomic mass is 35.5. The lowest BCUT2D eigenvalue weighted by Crippen LogP contribution is -2.27. The van der Waals surface area contributed by atoms with Crippen LogP contribution < -0.4 is 0 Å². The number of carbonyl (C=O) groups excluding carboxylic acids is 1. The van der Waals surface area contributed by atoms with Gasteiger partial charge in [-0.3, -0.25) is 9.69 Å². The molecule has 1 heterocycles. The third kappa shape index (κ3) is 3.61. The number of benzene rings is 2. The zero-order valence-electron chi connectivity index (χ0n) is 11.8. The van der Waals surface area contributed by atoms with Crippen molar-refractivity contribution in [2.75, 3.05) is 0 Å². The minimum absolute atomic E-state index is 0.125. The minimum atomic E-state index is -0.125. The van der Waals surface area contributed by atoms with Crippen LogP contribution in [-0.2, 0) is 11.3 Å². The molecule has 1 saturated heterocycles. The van der Waals surface area contributed by atoms with Crippen LogP contribution in [0.1, 0.15) is 11.1 Å². The Morgan fingerprint density at radius 2 is 1.70 bits per heavy atom. The van der Waals surface area contributed by atoms with E-state index in [2.05, 4.69) is 0 Å². The Labute approximate surface area is 154 Å². The van der Waals surface area contributed by atoms with E-state index in [9.17, 15) is 4.79 Å². The second-order valence-corrected chi connectivity index (χ2v) is 7.38. The van der Waals surface area contributed by atoms with Crippen LogP contribution in [0.15, 0.2) is 53.4 Å². The minimum Gasteiger partial charge on any atom is -0.288 e. The molecule has 0 N–H and O–H groups in total. The lowest BCUT2D eigenvalue weighted by atomic mass is 10.2. The molecule has 0 atom stereocenters. The second kappa shape index (κ2) is 7.05. The molecule has 1 aliphatic heterocycles. The van der Waals surface area contributed by atoms with Crippen molar-refractivity contribution in [1.29, 1.82) is 0 Å². The summed E-state index contributed by atoms with van der Waals surface area (Å²) in [5.74, 6) is -0.125.